The first-order valence-corrected chi connectivity index (χ1v) is 7.58. The zero-order valence-electron chi connectivity index (χ0n) is 12.4. The number of hydrogen-bond acceptors (Lipinski definition) is 1. The Morgan fingerprint density at radius 2 is 1.90 bits per heavy atom. The summed E-state index contributed by atoms with van der Waals surface area (Å²) < 4.78 is 30.0. The summed E-state index contributed by atoms with van der Waals surface area (Å²) in [6, 6.07) is 6.49. The van der Waals surface area contributed by atoms with Crippen LogP contribution < -0.4 is 5.32 Å². The van der Waals surface area contributed by atoms with Crippen molar-refractivity contribution in [2.45, 2.75) is 39.4 Å². The summed E-state index contributed by atoms with van der Waals surface area (Å²) in [6.45, 7) is 7.05. The minimum absolute atomic E-state index is 0.0125. The van der Waals surface area contributed by atoms with Gasteiger partial charge in [-0.1, -0.05) is 0 Å². The zero-order chi connectivity index (χ0) is 15.6. The molecule has 0 aliphatic rings. The monoisotopic (exact) mass is 356 g/mol. The van der Waals surface area contributed by atoms with Crippen LogP contribution in [0.4, 0.5) is 8.78 Å². The molecule has 5 heteroatoms. The van der Waals surface area contributed by atoms with Crippen molar-refractivity contribution >= 4 is 15.9 Å². The topological polar surface area (TPSA) is 17.0 Å². The molecule has 2 aromatic rings. The molecule has 0 saturated heterocycles. The maximum atomic E-state index is 14.0. The van der Waals surface area contributed by atoms with E-state index < -0.39 is 11.6 Å². The van der Waals surface area contributed by atoms with Gasteiger partial charge in [0.25, 0.3) is 0 Å². The first-order valence-electron chi connectivity index (χ1n) is 6.79. The Labute approximate surface area is 132 Å². The third-order valence-corrected chi connectivity index (χ3v) is 3.80. The molecular weight excluding hydrogens is 338 g/mol. The predicted octanol–water partition coefficient (Wildman–Crippen LogP) is 4.47. The molecule has 0 aliphatic carbocycles. The van der Waals surface area contributed by atoms with Crippen LogP contribution in [-0.2, 0) is 13.1 Å². The summed E-state index contributed by atoms with van der Waals surface area (Å²) in [6.07, 6.45) is 1.83. The maximum absolute atomic E-state index is 14.0. The maximum Gasteiger partial charge on any atom is 0.145 e. The van der Waals surface area contributed by atoms with E-state index in [1.54, 1.807) is 0 Å². The molecule has 114 valence electrons. The van der Waals surface area contributed by atoms with Crippen LogP contribution in [0.25, 0.3) is 0 Å². The third-order valence-electron chi connectivity index (χ3n) is 3.19. The van der Waals surface area contributed by atoms with Crippen molar-refractivity contribution in [2.75, 3.05) is 0 Å². The number of halogens is 3. The molecule has 0 radical (unpaired) electrons. The van der Waals surface area contributed by atoms with E-state index in [0.717, 1.165) is 5.69 Å². The minimum Gasteiger partial charge on any atom is -0.346 e. The summed E-state index contributed by atoms with van der Waals surface area (Å²) in [7, 11) is 0. The average Bonchev–Trinajstić information content (AvgIpc) is 2.83. The molecule has 2 nitrogen and oxygen atoms in total. The molecule has 0 atom stereocenters. The molecule has 21 heavy (non-hydrogen) atoms. The summed E-state index contributed by atoms with van der Waals surface area (Å²) >= 11 is 3.10. The van der Waals surface area contributed by atoms with Crippen LogP contribution in [0.3, 0.4) is 0 Å². The molecule has 0 aliphatic heterocycles. The van der Waals surface area contributed by atoms with Gasteiger partial charge in [0.05, 0.1) is 11.0 Å². The molecule has 1 N–H and O–H groups in total. The van der Waals surface area contributed by atoms with Gasteiger partial charge >= 0.3 is 0 Å². The number of aromatic nitrogens is 1. The zero-order valence-corrected chi connectivity index (χ0v) is 14.0. The highest BCUT2D eigenvalue weighted by molar-refractivity contribution is 9.10. The molecule has 0 fully saturated rings. The van der Waals surface area contributed by atoms with Crippen LogP contribution in [-0.4, -0.2) is 10.1 Å². The van der Waals surface area contributed by atoms with Gasteiger partial charge in [0.2, 0.25) is 0 Å². The average molecular weight is 357 g/mol. The van der Waals surface area contributed by atoms with Crippen molar-refractivity contribution in [2.24, 2.45) is 0 Å². The van der Waals surface area contributed by atoms with Crippen molar-refractivity contribution in [3.63, 3.8) is 0 Å². The number of hydrogen-bond donors (Lipinski definition) is 1. The quantitative estimate of drug-likeness (QED) is 0.800. The number of nitrogens with one attached hydrogen (secondary N) is 1. The van der Waals surface area contributed by atoms with Crippen molar-refractivity contribution < 1.29 is 8.78 Å². The van der Waals surface area contributed by atoms with E-state index in [4.69, 9.17) is 0 Å². The van der Waals surface area contributed by atoms with Crippen LogP contribution in [0, 0.1) is 11.6 Å². The first kappa shape index (κ1) is 16.2. The van der Waals surface area contributed by atoms with Crippen LogP contribution in [0.15, 0.2) is 34.9 Å². The first-order chi connectivity index (χ1) is 9.78. The van der Waals surface area contributed by atoms with E-state index in [0.29, 0.717) is 6.54 Å². The molecule has 1 aromatic carbocycles. The van der Waals surface area contributed by atoms with Gasteiger partial charge in [-0.2, -0.15) is 0 Å². The molecule has 2 rings (SSSR count). The van der Waals surface area contributed by atoms with E-state index >= 15 is 0 Å². The van der Waals surface area contributed by atoms with Gasteiger partial charge in [-0.15, -0.1) is 0 Å². The van der Waals surface area contributed by atoms with E-state index in [1.165, 1.54) is 12.1 Å². The van der Waals surface area contributed by atoms with Gasteiger partial charge in [0, 0.05) is 29.5 Å². The Hall–Kier alpha value is -1.20. The Morgan fingerprint density at radius 3 is 2.57 bits per heavy atom. The van der Waals surface area contributed by atoms with Gasteiger partial charge in [0.1, 0.15) is 11.6 Å². The SMILES string of the molecule is CC(C)(C)NCc1cccn1Cc1c(F)ccc(Br)c1F. The second kappa shape index (κ2) is 6.28. The normalized spacial score (nSPS) is 11.9. The summed E-state index contributed by atoms with van der Waals surface area (Å²) in [5.41, 5.74) is 1.04. The molecule has 1 aromatic heterocycles. The number of benzene rings is 1. The van der Waals surface area contributed by atoms with Gasteiger partial charge in [-0.05, 0) is 61.0 Å². The summed E-state index contributed by atoms with van der Waals surface area (Å²) in [5, 5.41) is 3.37. The van der Waals surface area contributed by atoms with Crippen LogP contribution in [0.1, 0.15) is 32.0 Å². The third kappa shape index (κ3) is 4.14. The number of rotatable bonds is 4. The lowest BCUT2D eigenvalue weighted by Gasteiger charge is -2.21. The highest BCUT2D eigenvalue weighted by Crippen LogP contribution is 2.23. The standard InChI is InChI=1S/C16H19BrF2N2/c1-16(2,3)20-9-11-5-4-8-21(11)10-12-14(18)7-6-13(17)15(12)19/h4-8,20H,9-10H2,1-3H3. The van der Waals surface area contributed by atoms with Gasteiger partial charge < -0.3 is 9.88 Å². The molecule has 0 bridgehead atoms. The molecule has 0 saturated carbocycles. The summed E-state index contributed by atoms with van der Waals surface area (Å²) in [4.78, 5) is 0. The van der Waals surface area contributed by atoms with Gasteiger partial charge in [0.15, 0.2) is 0 Å². The fraction of sp³-hybridized carbons (Fsp3) is 0.375. The fourth-order valence-corrected chi connectivity index (χ4v) is 2.38. The highest BCUT2D eigenvalue weighted by Gasteiger charge is 2.15. The van der Waals surface area contributed by atoms with E-state index in [1.807, 2.05) is 22.9 Å². The van der Waals surface area contributed by atoms with Crippen molar-refractivity contribution in [1.82, 2.24) is 9.88 Å². The van der Waals surface area contributed by atoms with E-state index in [-0.39, 0.29) is 22.1 Å². The lowest BCUT2D eigenvalue weighted by molar-refractivity contribution is 0.416. The number of nitrogens with zero attached hydrogens (tertiary/aromatic N) is 1. The van der Waals surface area contributed by atoms with E-state index in [2.05, 4.69) is 42.0 Å². The van der Waals surface area contributed by atoms with Crippen LogP contribution in [0.2, 0.25) is 0 Å². The van der Waals surface area contributed by atoms with E-state index in [9.17, 15) is 8.78 Å². The minimum atomic E-state index is -0.543. The molecule has 0 amide bonds. The highest BCUT2D eigenvalue weighted by atomic mass is 79.9. The Balaban J connectivity index is 2.22. The summed E-state index contributed by atoms with van der Waals surface area (Å²) in [5.74, 6) is -1.07. The van der Waals surface area contributed by atoms with Crippen LogP contribution in [0.5, 0.6) is 0 Å². The lowest BCUT2D eigenvalue weighted by atomic mass is 10.1. The Bertz CT molecular complexity index is 630. The predicted molar refractivity (Wildman–Crippen MR) is 84.2 cm³/mol. The van der Waals surface area contributed by atoms with Crippen molar-refractivity contribution in [1.29, 1.82) is 0 Å². The largest absolute Gasteiger partial charge is 0.346 e. The second-order valence-corrected chi connectivity index (χ2v) is 6.91. The second-order valence-electron chi connectivity index (χ2n) is 6.05. The molecule has 0 spiro atoms. The Kier molecular flexibility index (Phi) is 4.84. The van der Waals surface area contributed by atoms with Gasteiger partial charge in [-0.3, -0.25) is 0 Å². The van der Waals surface area contributed by atoms with Crippen LogP contribution >= 0.6 is 15.9 Å². The lowest BCUT2D eigenvalue weighted by Crippen LogP contribution is -2.35. The molecule has 0 unspecified atom stereocenters. The molecule has 1 heterocycles. The van der Waals surface area contributed by atoms with Crippen molar-refractivity contribution in [3.05, 3.63) is 57.8 Å². The van der Waals surface area contributed by atoms with Crippen molar-refractivity contribution in [3.8, 4) is 0 Å². The van der Waals surface area contributed by atoms with Gasteiger partial charge in [-0.25, -0.2) is 8.78 Å². The smallest absolute Gasteiger partial charge is 0.145 e. The molecular formula is C16H19BrF2N2. The fourth-order valence-electron chi connectivity index (χ4n) is 2.00. The Morgan fingerprint density at radius 1 is 1.19 bits per heavy atom.